The van der Waals surface area contributed by atoms with E-state index in [2.05, 4.69) is 28.4 Å². The van der Waals surface area contributed by atoms with Crippen LogP contribution in [-0.2, 0) is 11.3 Å². The Bertz CT molecular complexity index is 378. The molecule has 1 saturated heterocycles. The molecular weight excluding hydrogens is 248 g/mol. The molecule has 1 aliphatic rings. The van der Waals surface area contributed by atoms with Gasteiger partial charge in [0.2, 0.25) is 0 Å². The van der Waals surface area contributed by atoms with Crippen LogP contribution in [0.4, 0.5) is 5.69 Å². The smallest absolute Gasteiger partial charge is 0.0642 e. The fourth-order valence-electron chi connectivity index (χ4n) is 2.28. The quantitative estimate of drug-likeness (QED) is 0.803. The van der Waals surface area contributed by atoms with Gasteiger partial charge < -0.3 is 15.0 Å². The van der Waals surface area contributed by atoms with E-state index < -0.39 is 0 Å². The molecule has 1 fully saturated rings. The fraction of sp³-hybridized carbons (Fsp3) is 0.571. The van der Waals surface area contributed by atoms with E-state index in [1.54, 1.807) is 7.11 Å². The number of hydrogen-bond acceptors (Lipinski definition) is 3. The highest BCUT2D eigenvalue weighted by Gasteiger charge is 2.14. The van der Waals surface area contributed by atoms with Gasteiger partial charge in [-0.05, 0) is 30.5 Å². The summed E-state index contributed by atoms with van der Waals surface area (Å²) in [6.07, 6.45) is 2.55. The fourth-order valence-corrected chi connectivity index (χ4v) is 2.60. The Hall–Kier alpha value is -0.770. The van der Waals surface area contributed by atoms with Crippen LogP contribution in [0.25, 0.3) is 0 Å². The molecule has 0 amide bonds. The van der Waals surface area contributed by atoms with Crippen LogP contribution in [-0.4, -0.2) is 33.4 Å². The molecular formula is C14H21ClN2O. The van der Waals surface area contributed by atoms with E-state index in [1.807, 2.05) is 0 Å². The van der Waals surface area contributed by atoms with Crippen molar-refractivity contribution >= 4 is 17.3 Å². The van der Waals surface area contributed by atoms with E-state index in [4.69, 9.17) is 16.3 Å². The summed E-state index contributed by atoms with van der Waals surface area (Å²) in [7, 11) is 1.71. The normalized spacial score (nSPS) is 15.3. The van der Waals surface area contributed by atoms with Crippen LogP contribution in [0, 0.1) is 0 Å². The Kier molecular flexibility index (Phi) is 5.29. The third kappa shape index (κ3) is 3.61. The second kappa shape index (κ2) is 6.98. The van der Waals surface area contributed by atoms with Gasteiger partial charge in [0.25, 0.3) is 0 Å². The molecule has 3 nitrogen and oxygen atoms in total. The lowest BCUT2D eigenvalue weighted by molar-refractivity contribution is 0.199. The van der Waals surface area contributed by atoms with Crippen molar-refractivity contribution in [3.8, 4) is 0 Å². The first-order valence-corrected chi connectivity index (χ1v) is 6.92. The first-order chi connectivity index (χ1) is 8.81. The van der Waals surface area contributed by atoms with Crippen LogP contribution in [0.1, 0.15) is 18.4 Å². The van der Waals surface area contributed by atoms with Gasteiger partial charge in [0, 0.05) is 33.3 Å². The van der Waals surface area contributed by atoms with Crippen LogP contribution in [0.3, 0.4) is 0 Å². The minimum Gasteiger partial charge on any atom is -0.383 e. The SMILES string of the molecule is COCCNCc1ccc(N2CCCC2)c(Cl)c1. The molecule has 0 atom stereocenters. The van der Waals surface area contributed by atoms with E-state index in [0.29, 0.717) is 0 Å². The first-order valence-electron chi connectivity index (χ1n) is 6.54. The van der Waals surface area contributed by atoms with Gasteiger partial charge in [-0.15, -0.1) is 0 Å². The van der Waals surface area contributed by atoms with Gasteiger partial charge in [-0.1, -0.05) is 17.7 Å². The average molecular weight is 269 g/mol. The molecule has 4 heteroatoms. The van der Waals surface area contributed by atoms with Crippen molar-refractivity contribution in [2.24, 2.45) is 0 Å². The summed E-state index contributed by atoms with van der Waals surface area (Å²) < 4.78 is 4.99. The molecule has 0 radical (unpaired) electrons. The highest BCUT2D eigenvalue weighted by molar-refractivity contribution is 6.33. The number of benzene rings is 1. The lowest BCUT2D eigenvalue weighted by atomic mass is 10.2. The first kappa shape index (κ1) is 13.7. The van der Waals surface area contributed by atoms with Crippen LogP contribution in [0.5, 0.6) is 0 Å². The Morgan fingerprint density at radius 1 is 1.33 bits per heavy atom. The number of nitrogens with one attached hydrogen (secondary N) is 1. The van der Waals surface area contributed by atoms with E-state index in [1.165, 1.54) is 24.1 Å². The number of methoxy groups -OCH3 is 1. The maximum Gasteiger partial charge on any atom is 0.0642 e. The van der Waals surface area contributed by atoms with Crippen molar-refractivity contribution in [2.75, 3.05) is 38.3 Å². The number of hydrogen-bond donors (Lipinski definition) is 1. The van der Waals surface area contributed by atoms with Gasteiger partial charge in [0.05, 0.1) is 17.3 Å². The van der Waals surface area contributed by atoms with E-state index in [-0.39, 0.29) is 0 Å². The molecule has 0 bridgehead atoms. The Morgan fingerprint density at radius 2 is 2.11 bits per heavy atom. The molecule has 1 aromatic carbocycles. The van der Waals surface area contributed by atoms with Crippen molar-refractivity contribution < 1.29 is 4.74 Å². The summed E-state index contributed by atoms with van der Waals surface area (Å²) in [6, 6.07) is 6.36. The van der Waals surface area contributed by atoms with Crippen molar-refractivity contribution in [1.29, 1.82) is 0 Å². The molecule has 1 heterocycles. The van der Waals surface area contributed by atoms with E-state index in [9.17, 15) is 0 Å². The predicted octanol–water partition coefficient (Wildman–Crippen LogP) is 2.68. The molecule has 2 rings (SSSR count). The lowest BCUT2D eigenvalue weighted by Crippen LogP contribution is -2.19. The maximum atomic E-state index is 6.36. The van der Waals surface area contributed by atoms with E-state index >= 15 is 0 Å². The number of halogens is 1. The van der Waals surface area contributed by atoms with Crippen molar-refractivity contribution in [3.63, 3.8) is 0 Å². The summed E-state index contributed by atoms with van der Waals surface area (Å²) in [5.74, 6) is 0. The molecule has 0 spiro atoms. The third-order valence-corrected chi connectivity index (χ3v) is 3.57. The third-order valence-electron chi connectivity index (χ3n) is 3.27. The minimum atomic E-state index is 0.736. The van der Waals surface area contributed by atoms with Crippen molar-refractivity contribution in [1.82, 2.24) is 5.32 Å². The molecule has 0 aromatic heterocycles. The summed E-state index contributed by atoms with van der Waals surface area (Å²) in [5.41, 5.74) is 2.40. The van der Waals surface area contributed by atoms with Crippen molar-refractivity contribution in [2.45, 2.75) is 19.4 Å². The highest BCUT2D eigenvalue weighted by Crippen LogP contribution is 2.29. The zero-order chi connectivity index (χ0) is 12.8. The van der Waals surface area contributed by atoms with E-state index in [0.717, 1.165) is 37.8 Å². The topological polar surface area (TPSA) is 24.5 Å². The van der Waals surface area contributed by atoms with Crippen LogP contribution < -0.4 is 10.2 Å². The van der Waals surface area contributed by atoms with Gasteiger partial charge in [-0.3, -0.25) is 0 Å². The zero-order valence-corrected chi connectivity index (χ0v) is 11.7. The Labute approximate surface area is 114 Å². The number of nitrogens with zero attached hydrogens (tertiary/aromatic N) is 1. The summed E-state index contributed by atoms with van der Waals surface area (Å²) in [6.45, 7) is 4.70. The standard InChI is InChI=1S/C14H21ClN2O/c1-18-9-6-16-11-12-4-5-14(13(15)10-12)17-7-2-3-8-17/h4-5,10,16H,2-3,6-9,11H2,1H3. The molecule has 0 saturated carbocycles. The predicted molar refractivity (Wildman–Crippen MR) is 76.5 cm³/mol. The van der Waals surface area contributed by atoms with Gasteiger partial charge >= 0.3 is 0 Å². The molecule has 1 aromatic rings. The van der Waals surface area contributed by atoms with Crippen LogP contribution >= 0.6 is 11.6 Å². The largest absolute Gasteiger partial charge is 0.383 e. The molecule has 1 aliphatic heterocycles. The molecule has 100 valence electrons. The summed E-state index contributed by atoms with van der Waals surface area (Å²) >= 11 is 6.36. The number of ether oxygens (including phenoxy) is 1. The van der Waals surface area contributed by atoms with Crippen LogP contribution in [0.2, 0.25) is 5.02 Å². The monoisotopic (exact) mass is 268 g/mol. The summed E-state index contributed by atoms with van der Waals surface area (Å²) in [4.78, 5) is 2.37. The molecule has 0 unspecified atom stereocenters. The van der Waals surface area contributed by atoms with Gasteiger partial charge in [-0.25, -0.2) is 0 Å². The van der Waals surface area contributed by atoms with Gasteiger partial charge in [0.15, 0.2) is 0 Å². The number of rotatable bonds is 6. The maximum absolute atomic E-state index is 6.36. The van der Waals surface area contributed by atoms with Crippen molar-refractivity contribution in [3.05, 3.63) is 28.8 Å². The van der Waals surface area contributed by atoms with Crippen LogP contribution in [0.15, 0.2) is 18.2 Å². The highest BCUT2D eigenvalue weighted by atomic mass is 35.5. The number of anilines is 1. The minimum absolute atomic E-state index is 0.736. The van der Waals surface area contributed by atoms with Gasteiger partial charge in [-0.2, -0.15) is 0 Å². The molecule has 18 heavy (non-hydrogen) atoms. The lowest BCUT2D eigenvalue weighted by Gasteiger charge is -2.19. The van der Waals surface area contributed by atoms with Gasteiger partial charge in [0.1, 0.15) is 0 Å². The Morgan fingerprint density at radius 3 is 2.78 bits per heavy atom. The Balaban J connectivity index is 1.92. The molecule has 1 N–H and O–H groups in total. The summed E-state index contributed by atoms with van der Waals surface area (Å²) in [5, 5.41) is 4.19. The molecule has 0 aliphatic carbocycles. The zero-order valence-electron chi connectivity index (χ0n) is 10.9. The second-order valence-corrected chi connectivity index (χ2v) is 5.06. The average Bonchev–Trinajstić information content (AvgIpc) is 2.88. The second-order valence-electron chi connectivity index (χ2n) is 4.65.